The third kappa shape index (κ3) is 4.06. The molecule has 0 radical (unpaired) electrons. The molecular weight excluding hydrogens is 230 g/mol. The molecule has 1 aromatic heterocycles. The molecule has 18 heavy (non-hydrogen) atoms. The molecule has 0 atom stereocenters. The summed E-state index contributed by atoms with van der Waals surface area (Å²) in [6, 6.07) is 5.32. The van der Waals surface area contributed by atoms with Gasteiger partial charge < -0.3 is 10.0 Å². The maximum atomic E-state index is 10.7. The number of carbonyl (C=O) groups is 1. The number of aromatic nitrogens is 1. The summed E-state index contributed by atoms with van der Waals surface area (Å²) in [6.45, 7) is 5.57. The standard InChI is InChI=1S/C13H17N3O2/c1-10(2)9-16(7-3-6-14)12-5-4-11(8-15-12)13(17)18/h4-5,8,10H,3,7,9H2,1-2H3,(H,17,18). The minimum atomic E-state index is -0.985. The summed E-state index contributed by atoms with van der Waals surface area (Å²) < 4.78 is 0. The molecule has 0 saturated heterocycles. The fourth-order valence-electron chi connectivity index (χ4n) is 1.62. The highest BCUT2D eigenvalue weighted by atomic mass is 16.4. The molecule has 0 aromatic carbocycles. The second kappa shape index (κ2) is 6.60. The molecule has 0 aliphatic rings. The van der Waals surface area contributed by atoms with Gasteiger partial charge >= 0.3 is 5.97 Å². The monoisotopic (exact) mass is 247 g/mol. The molecule has 0 fully saturated rings. The van der Waals surface area contributed by atoms with Gasteiger partial charge in [0.15, 0.2) is 0 Å². The van der Waals surface area contributed by atoms with Crippen molar-refractivity contribution in [1.29, 1.82) is 5.26 Å². The second-order valence-electron chi connectivity index (χ2n) is 4.46. The van der Waals surface area contributed by atoms with E-state index in [1.807, 2.05) is 4.90 Å². The lowest BCUT2D eigenvalue weighted by Gasteiger charge is -2.24. The van der Waals surface area contributed by atoms with Crippen molar-refractivity contribution in [1.82, 2.24) is 4.98 Å². The lowest BCUT2D eigenvalue weighted by Crippen LogP contribution is -2.29. The smallest absolute Gasteiger partial charge is 0.337 e. The van der Waals surface area contributed by atoms with E-state index in [-0.39, 0.29) is 5.56 Å². The second-order valence-corrected chi connectivity index (χ2v) is 4.46. The zero-order chi connectivity index (χ0) is 13.5. The number of carboxylic acids is 1. The highest BCUT2D eigenvalue weighted by molar-refractivity contribution is 5.87. The lowest BCUT2D eigenvalue weighted by molar-refractivity contribution is 0.0696. The summed E-state index contributed by atoms with van der Waals surface area (Å²) in [5.74, 6) is 0.176. The first-order valence-corrected chi connectivity index (χ1v) is 5.86. The van der Waals surface area contributed by atoms with Gasteiger partial charge in [0.2, 0.25) is 0 Å². The number of hydrogen-bond donors (Lipinski definition) is 1. The van der Waals surface area contributed by atoms with E-state index >= 15 is 0 Å². The van der Waals surface area contributed by atoms with Crippen molar-refractivity contribution in [3.63, 3.8) is 0 Å². The molecule has 96 valence electrons. The average molecular weight is 247 g/mol. The molecule has 0 spiro atoms. The lowest BCUT2D eigenvalue weighted by atomic mass is 10.2. The Balaban J connectivity index is 2.84. The number of carboxylic acid groups (broad SMARTS) is 1. The molecule has 1 rings (SSSR count). The minimum Gasteiger partial charge on any atom is -0.478 e. The van der Waals surface area contributed by atoms with Gasteiger partial charge in [-0.05, 0) is 18.1 Å². The normalized spacial score (nSPS) is 10.1. The van der Waals surface area contributed by atoms with E-state index in [2.05, 4.69) is 24.9 Å². The predicted molar refractivity (Wildman–Crippen MR) is 68.5 cm³/mol. The van der Waals surface area contributed by atoms with Crippen LogP contribution in [0.15, 0.2) is 18.3 Å². The summed E-state index contributed by atoms with van der Waals surface area (Å²) in [4.78, 5) is 16.9. The number of rotatable bonds is 6. The van der Waals surface area contributed by atoms with Crippen LogP contribution in [-0.4, -0.2) is 29.1 Å². The van der Waals surface area contributed by atoms with E-state index in [4.69, 9.17) is 10.4 Å². The van der Waals surface area contributed by atoms with Crippen LogP contribution in [0.4, 0.5) is 5.82 Å². The van der Waals surface area contributed by atoms with Crippen LogP contribution in [0.2, 0.25) is 0 Å². The van der Waals surface area contributed by atoms with Crippen molar-refractivity contribution >= 4 is 11.8 Å². The number of pyridine rings is 1. The highest BCUT2D eigenvalue weighted by Gasteiger charge is 2.11. The Bertz CT molecular complexity index is 435. The zero-order valence-electron chi connectivity index (χ0n) is 10.6. The van der Waals surface area contributed by atoms with Gasteiger partial charge in [0, 0.05) is 19.3 Å². The maximum absolute atomic E-state index is 10.7. The van der Waals surface area contributed by atoms with Gasteiger partial charge in [0.25, 0.3) is 0 Å². The van der Waals surface area contributed by atoms with Crippen LogP contribution in [0.25, 0.3) is 0 Å². The molecule has 5 nitrogen and oxygen atoms in total. The quantitative estimate of drug-likeness (QED) is 0.833. The zero-order valence-corrected chi connectivity index (χ0v) is 10.6. The first kappa shape index (κ1) is 14.0. The summed E-state index contributed by atoms with van der Waals surface area (Å²) in [6.07, 6.45) is 1.77. The van der Waals surface area contributed by atoms with Gasteiger partial charge in [-0.25, -0.2) is 9.78 Å². The fourth-order valence-corrected chi connectivity index (χ4v) is 1.62. The van der Waals surface area contributed by atoms with Crippen molar-refractivity contribution < 1.29 is 9.90 Å². The van der Waals surface area contributed by atoms with Gasteiger partial charge in [-0.15, -0.1) is 0 Å². The van der Waals surface area contributed by atoms with E-state index in [0.29, 0.717) is 24.7 Å². The Morgan fingerprint density at radius 3 is 2.72 bits per heavy atom. The van der Waals surface area contributed by atoms with Crippen LogP contribution in [0.1, 0.15) is 30.6 Å². The van der Waals surface area contributed by atoms with Crippen LogP contribution in [0.5, 0.6) is 0 Å². The molecule has 1 N–H and O–H groups in total. The van der Waals surface area contributed by atoms with E-state index in [1.54, 1.807) is 6.07 Å². The molecular formula is C13H17N3O2. The van der Waals surface area contributed by atoms with Gasteiger partial charge in [0.1, 0.15) is 5.82 Å². The number of hydrogen-bond acceptors (Lipinski definition) is 4. The molecule has 0 aliphatic heterocycles. The molecule has 5 heteroatoms. The van der Waals surface area contributed by atoms with Crippen LogP contribution in [-0.2, 0) is 0 Å². The van der Waals surface area contributed by atoms with E-state index in [1.165, 1.54) is 12.3 Å². The topological polar surface area (TPSA) is 77.2 Å². The van der Waals surface area contributed by atoms with Gasteiger partial charge in [0.05, 0.1) is 18.1 Å². The van der Waals surface area contributed by atoms with Gasteiger partial charge in [-0.1, -0.05) is 13.8 Å². The Labute approximate surface area is 107 Å². The Morgan fingerprint density at radius 2 is 2.28 bits per heavy atom. The summed E-state index contributed by atoms with van der Waals surface area (Å²) in [7, 11) is 0. The van der Waals surface area contributed by atoms with Crippen molar-refractivity contribution in [3.05, 3.63) is 23.9 Å². The molecule has 0 bridgehead atoms. The molecule has 1 aromatic rings. The predicted octanol–water partition coefficient (Wildman–Crippen LogP) is 2.16. The van der Waals surface area contributed by atoms with Crippen LogP contribution < -0.4 is 4.90 Å². The molecule has 0 amide bonds. The van der Waals surface area contributed by atoms with Crippen molar-refractivity contribution in [3.8, 4) is 6.07 Å². The van der Waals surface area contributed by atoms with E-state index in [9.17, 15) is 4.79 Å². The maximum Gasteiger partial charge on any atom is 0.337 e. The van der Waals surface area contributed by atoms with Gasteiger partial charge in [-0.2, -0.15) is 5.26 Å². The molecule has 0 aliphatic carbocycles. The van der Waals surface area contributed by atoms with Crippen molar-refractivity contribution in [2.45, 2.75) is 20.3 Å². The Morgan fingerprint density at radius 1 is 1.56 bits per heavy atom. The van der Waals surface area contributed by atoms with E-state index < -0.39 is 5.97 Å². The summed E-state index contributed by atoms with van der Waals surface area (Å²) in [5.41, 5.74) is 0.170. The number of aromatic carboxylic acids is 1. The number of nitriles is 1. The minimum absolute atomic E-state index is 0.170. The van der Waals surface area contributed by atoms with E-state index in [0.717, 1.165) is 6.54 Å². The van der Waals surface area contributed by atoms with Crippen LogP contribution in [0, 0.1) is 17.2 Å². The Kier molecular flexibility index (Phi) is 5.12. The number of anilines is 1. The average Bonchev–Trinajstić information content (AvgIpc) is 2.34. The third-order valence-corrected chi connectivity index (χ3v) is 2.40. The van der Waals surface area contributed by atoms with Crippen LogP contribution in [0.3, 0.4) is 0 Å². The largest absolute Gasteiger partial charge is 0.478 e. The molecule has 1 heterocycles. The van der Waals surface area contributed by atoms with Gasteiger partial charge in [-0.3, -0.25) is 0 Å². The third-order valence-electron chi connectivity index (χ3n) is 2.40. The molecule has 0 saturated carbocycles. The summed E-state index contributed by atoms with van der Waals surface area (Å²) in [5, 5.41) is 17.4. The molecule has 0 unspecified atom stereocenters. The highest BCUT2D eigenvalue weighted by Crippen LogP contribution is 2.14. The van der Waals surface area contributed by atoms with Crippen LogP contribution >= 0.6 is 0 Å². The summed E-state index contributed by atoms with van der Waals surface area (Å²) >= 11 is 0. The first-order chi connectivity index (χ1) is 8.54. The number of nitrogens with zero attached hydrogens (tertiary/aromatic N) is 3. The SMILES string of the molecule is CC(C)CN(CCC#N)c1ccc(C(=O)O)cn1. The first-order valence-electron chi connectivity index (χ1n) is 5.86. The fraction of sp³-hybridized carbons (Fsp3) is 0.462. The Hall–Kier alpha value is -2.09. The van der Waals surface area contributed by atoms with Crippen molar-refractivity contribution in [2.24, 2.45) is 5.92 Å². The van der Waals surface area contributed by atoms with Crippen molar-refractivity contribution in [2.75, 3.05) is 18.0 Å².